The Morgan fingerprint density at radius 2 is 2.11 bits per heavy atom. The van der Waals surface area contributed by atoms with Gasteiger partial charge in [-0.1, -0.05) is 13.0 Å². The number of hydrogen-bond donors (Lipinski definition) is 2. The number of aromatic nitrogens is 1. The second-order valence-electron chi connectivity index (χ2n) is 7.31. The maximum atomic E-state index is 4.60. The Hall–Kier alpha value is -1.44. The molecule has 1 unspecified atom stereocenters. The number of likely N-dealkylation sites (tertiary alicyclic amines) is 1. The minimum absolute atomic E-state index is 0.403. The van der Waals surface area contributed by atoms with Crippen molar-refractivity contribution in [3.63, 3.8) is 0 Å². The number of piperidine rings is 1. The molecule has 0 radical (unpaired) electrons. The van der Waals surface area contributed by atoms with Crippen molar-refractivity contribution in [3.05, 3.63) is 38.0 Å². The predicted molar refractivity (Wildman–Crippen MR) is 117 cm³/mol. The molecule has 2 aromatic rings. The number of aryl methyl sites for hydroxylation is 2. The van der Waals surface area contributed by atoms with Gasteiger partial charge in [-0.2, -0.15) is 0 Å². The van der Waals surface area contributed by atoms with Crippen molar-refractivity contribution >= 4 is 28.6 Å². The summed E-state index contributed by atoms with van der Waals surface area (Å²) in [7, 11) is 1.83. The van der Waals surface area contributed by atoms with Crippen molar-refractivity contribution in [1.82, 2.24) is 20.5 Å². The van der Waals surface area contributed by atoms with Gasteiger partial charge in [-0.3, -0.25) is 9.89 Å². The monoisotopic (exact) mass is 405 g/mol. The number of nitrogens with zero attached hydrogens (tertiary/aromatic N) is 3. The van der Waals surface area contributed by atoms with Crippen LogP contribution in [0.1, 0.15) is 46.3 Å². The van der Waals surface area contributed by atoms with Crippen LogP contribution in [0.4, 0.5) is 0 Å². The summed E-state index contributed by atoms with van der Waals surface area (Å²) < 4.78 is 0. The quantitative estimate of drug-likeness (QED) is 0.564. The van der Waals surface area contributed by atoms with Gasteiger partial charge in [0, 0.05) is 23.3 Å². The van der Waals surface area contributed by atoms with E-state index in [4.69, 9.17) is 0 Å². The first-order valence-corrected chi connectivity index (χ1v) is 11.4. The number of rotatable bonds is 6. The van der Waals surface area contributed by atoms with E-state index in [0.29, 0.717) is 12.6 Å². The first-order valence-electron chi connectivity index (χ1n) is 9.71. The fraction of sp³-hybridized carbons (Fsp3) is 0.600. The molecule has 5 nitrogen and oxygen atoms in total. The van der Waals surface area contributed by atoms with E-state index in [1.807, 2.05) is 18.4 Å². The smallest absolute Gasteiger partial charge is 0.191 e. The lowest BCUT2D eigenvalue weighted by molar-refractivity contribution is 0.140. The highest BCUT2D eigenvalue weighted by Gasteiger charge is 2.25. The Balaban J connectivity index is 1.58. The van der Waals surface area contributed by atoms with Gasteiger partial charge in [0.1, 0.15) is 5.01 Å². The summed E-state index contributed by atoms with van der Waals surface area (Å²) in [4.78, 5) is 14.3. The van der Waals surface area contributed by atoms with Gasteiger partial charge in [0.15, 0.2) is 5.96 Å². The van der Waals surface area contributed by atoms with E-state index in [-0.39, 0.29) is 0 Å². The number of nitrogens with one attached hydrogen (secondary N) is 2. The van der Waals surface area contributed by atoms with E-state index < -0.39 is 0 Å². The fourth-order valence-electron chi connectivity index (χ4n) is 3.42. The highest BCUT2D eigenvalue weighted by Crippen LogP contribution is 2.29. The lowest BCUT2D eigenvalue weighted by Gasteiger charge is -2.36. The molecular formula is C20H31N5S2. The Kier molecular flexibility index (Phi) is 7.26. The Morgan fingerprint density at radius 1 is 1.33 bits per heavy atom. The zero-order chi connectivity index (χ0) is 19.2. The molecule has 1 atom stereocenters. The molecule has 27 heavy (non-hydrogen) atoms. The van der Waals surface area contributed by atoms with Crippen LogP contribution >= 0.6 is 22.7 Å². The van der Waals surface area contributed by atoms with E-state index in [9.17, 15) is 0 Å². The van der Waals surface area contributed by atoms with Crippen LogP contribution in [0.3, 0.4) is 0 Å². The van der Waals surface area contributed by atoms with Crippen LogP contribution in [0.5, 0.6) is 0 Å². The SMILES string of the molecule is CN=C(NCc1nc(C)c(C)s1)NCC(c1cccs1)N1CCC(C)CC1. The summed E-state index contributed by atoms with van der Waals surface area (Å²) in [6.45, 7) is 10.5. The number of thiophene rings is 1. The molecule has 1 aliphatic rings. The fourth-order valence-corrected chi connectivity index (χ4v) is 5.15. The molecule has 1 aliphatic heterocycles. The maximum Gasteiger partial charge on any atom is 0.191 e. The molecule has 0 saturated carbocycles. The first kappa shape index (κ1) is 20.3. The van der Waals surface area contributed by atoms with E-state index in [1.54, 1.807) is 11.3 Å². The van der Waals surface area contributed by atoms with Crippen molar-refractivity contribution in [3.8, 4) is 0 Å². The van der Waals surface area contributed by atoms with Gasteiger partial charge in [-0.15, -0.1) is 22.7 Å². The number of guanidine groups is 1. The van der Waals surface area contributed by atoms with Gasteiger partial charge in [0.05, 0.1) is 18.3 Å². The highest BCUT2D eigenvalue weighted by atomic mass is 32.1. The Labute approximate surface area is 170 Å². The predicted octanol–water partition coefficient (Wildman–Crippen LogP) is 3.96. The lowest BCUT2D eigenvalue weighted by atomic mass is 9.97. The standard InChI is InChI=1S/C20H31N5S2/c1-14-7-9-25(10-8-14)17(18-6-5-11-26-18)12-22-20(21-4)23-13-19-24-15(2)16(3)27-19/h5-6,11,14,17H,7-10,12-13H2,1-4H3,(H2,21,22,23). The Morgan fingerprint density at radius 3 is 2.70 bits per heavy atom. The summed E-state index contributed by atoms with van der Waals surface area (Å²) in [6.07, 6.45) is 2.58. The van der Waals surface area contributed by atoms with Crippen molar-refractivity contribution < 1.29 is 0 Å². The first-order chi connectivity index (χ1) is 13.1. The van der Waals surface area contributed by atoms with Crippen LogP contribution in [0, 0.1) is 19.8 Å². The summed E-state index contributed by atoms with van der Waals surface area (Å²) in [5.41, 5.74) is 1.12. The van der Waals surface area contributed by atoms with Crippen LogP contribution in [0.2, 0.25) is 0 Å². The van der Waals surface area contributed by atoms with Crippen molar-refractivity contribution in [2.24, 2.45) is 10.9 Å². The largest absolute Gasteiger partial charge is 0.354 e. The van der Waals surface area contributed by atoms with Crippen LogP contribution in [0.15, 0.2) is 22.5 Å². The van der Waals surface area contributed by atoms with Crippen LogP contribution < -0.4 is 10.6 Å². The molecule has 0 amide bonds. The zero-order valence-electron chi connectivity index (χ0n) is 16.8. The van der Waals surface area contributed by atoms with Crippen LogP contribution in [0.25, 0.3) is 0 Å². The number of hydrogen-bond acceptors (Lipinski definition) is 5. The molecule has 0 spiro atoms. The van der Waals surface area contributed by atoms with Gasteiger partial charge in [-0.05, 0) is 57.1 Å². The van der Waals surface area contributed by atoms with Gasteiger partial charge in [0.25, 0.3) is 0 Å². The third-order valence-corrected chi connectivity index (χ3v) is 7.34. The summed E-state index contributed by atoms with van der Waals surface area (Å²) >= 11 is 3.60. The Bertz CT molecular complexity index is 710. The van der Waals surface area contributed by atoms with Gasteiger partial charge < -0.3 is 10.6 Å². The van der Waals surface area contributed by atoms with Crippen LogP contribution in [-0.2, 0) is 6.54 Å². The minimum Gasteiger partial charge on any atom is -0.354 e. The molecule has 2 N–H and O–H groups in total. The molecule has 3 rings (SSSR count). The minimum atomic E-state index is 0.403. The summed E-state index contributed by atoms with van der Waals surface area (Å²) in [5.74, 6) is 1.69. The summed E-state index contributed by atoms with van der Waals surface area (Å²) in [5, 5.41) is 10.2. The highest BCUT2D eigenvalue weighted by molar-refractivity contribution is 7.11. The molecule has 1 fully saturated rings. The average molecular weight is 406 g/mol. The number of aliphatic imine (C=N–C) groups is 1. The van der Waals surface area contributed by atoms with Gasteiger partial charge in [-0.25, -0.2) is 4.98 Å². The third kappa shape index (κ3) is 5.53. The van der Waals surface area contributed by atoms with E-state index in [2.05, 4.69) is 63.8 Å². The van der Waals surface area contributed by atoms with E-state index in [1.165, 1.54) is 35.7 Å². The summed E-state index contributed by atoms with van der Waals surface area (Å²) in [6, 6.07) is 4.81. The van der Waals surface area contributed by atoms with Crippen molar-refractivity contribution in [1.29, 1.82) is 0 Å². The van der Waals surface area contributed by atoms with E-state index in [0.717, 1.165) is 29.1 Å². The second kappa shape index (κ2) is 9.66. The molecule has 0 bridgehead atoms. The third-order valence-electron chi connectivity index (χ3n) is 5.30. The molecule has 0 aromatic carbocycles. The lowest BCUT2D eigenvalue weighted by Crippen LogP contribution is -2.44. The van der Waals surface area contributed by atoms with Gasteiger partial charge in [0.2, 0.25) is 0 Å². The van der Waals surface area contributed by atoms with E-state index >= 15 is 0 Å². The van der Waals surface area contributed by atoms with Gasteiger partial charge >= 0.3 is 0 Å². The molecule has 148 valence electrons. The topological polar surface area (TPSA) is 52.6 Å². The van der Waals surface area contributed by atoms with Crippen molar-refractivity contribution in [2.75, 3.05) is 26.7 Å². The molecule has 3 heterocycles. The normalized spacial score (nSPS) is 17.9. The maximum absolute atomic E-state index is 4.60. The zero-order valence-corrected chi connectivity index (χ0v) is 18.4. The molecule has 2 aromatic heterocycles. The van der Waals surface area contributed by atoms with Crippen LogP contribution in [-0.4, -0.2) is 42.5 Å². The second-order valence-corrected chi connectivity index (χ2v) is 9.57. The molecule has 1 saturated heterocycles. The molecule has 7 heteroatoms. The van der Waals surface area contributed by atoms with Crippen molar-refractivity contribution in [2.45, 2.75) is 46.2 Å². The number of thiazole rings is 1. The molecule has 0 aliphatic carbocycles. The molecular weight excluding hydrogens is 374 g/mol. The average Bonchev–Trinajstić information content (AvgIpc) is 3.30.